The first-order chi connectivity index (χ1) is 14.7. The van der Waals surface area contributed by atoms with Crippen LogP contribution in [0.3, 0.4) is 0 Å². The summed E-state index contributed by atoms with van der Waals surface area (Å²) in [5.41, 5.74) is 4.81. The molecule has 0 spiro atoms. The fourth-order valence-corrected chi connectivity index (χ4v) is 12.2. The second kappa shape index (κ2) is 9.14. The van der Waals surface area contributed by atoms with Gasteiger partial charge in [0.2, 0.25) is 0 Å². The van der Waals surface area contributed by atoms with Crippen molar-refractivity contribution in [1.82, 2.24) is 0 Å². The molecule has 3 aliphatic rings. The van der Waals surface area contributed by atoms with Gasteiger partial charge in [0.15, 0.2) is 0 Å². The second-order valence-corrected chi connectivity index (χ2v) is 17.7. The predicted octanol–water partition coefficient (Wildman–Crippen LogP) is 3.50. The Morgan fingerprint density at radius 1 is 1.16 bits per heavy atom. The molecule has 6 nitrogen and oxygen atoms in total. The first kappa shape index (κ1) is 25.9. The number of sulfone groups is 1. The zero-order valence-corrected chi connectivity index (χ0v) is 23.9. The minimum absolute atomic E-state index is 0.155. The van der Waals surface area contributed by atoms with Gasteiger partial charge in [0.05, 0.1) is 11.2 Å². The van der Waals surface area contributed by atoms with Gasteiger partial charge < -0.3 is 9.31 Å². The Bertz CT molecular complexity index is 1060. The zero-order chi connectivity index (χ0) is 23.9. The zero-order valence-electron chi connectivity index (χ0n) is 19.0. The van der Waals surface area contributed by atoms with Gasteiger partial charge in [0.1, 0.15) is 0 Å². The molecule has 0 bridgehead atoms. The van der Waals surface area contributed by atoms with Crippen LogP contribution in [0, 0.1) is 11.3 Å². The maximum atomic E-state index is 12.9. The molecule has 2 radical (unpaired) electrons. The summed E-state index contributed by atoms with van der Waals surface area (Å²) in [4.78, 5) is 12.0. The molecule has 2 aliphatic heterocycles. The first-order valence-electron chi connectivity index (χ1n) is 10.4. The van der Waals surface area contributed by atoms with Gasteiger partial charge in [-0.25, -0.2) is 0 Å². The third-order valence-electron chi connectivity index (χ3n) is 6.67. The molecule has 1 amide bonds. The second-order valence-electron chi connectivity index (χ2n) is 9.72. The van der Waals surface area contributed by atoms with Crippen molar-refractivity contribution in [3.63, 3.8) is 0 Å². The van der Waals surface area contributed by atoms with E-state index < -0.39 is 32.7 Å². The number of carbonyl (C=O) groups is 1. The quantitative estimate of drug-likeness (QED) is 0.539. The number of hydrogen-bond donors (Lipinski definition) is 1. The Kier molecular flexibility index (Phi) is 7.39. The van der Waals surface area contributed by atoms with Gasteiger partial charge in [-0.15, -0.1) is 0 Å². The molecule has 170 valence electrons. The van der Waals surface area contributed by atoms with Crippen LogP contribution in [0.5, 0.6) is 0 Å². The van der Waals surface area contributed by atoms with Crippen LogP contribution in [-0.2, 0) is 23.9 Å². The van der Waals surface area contributed by atoms with Gasteiger partial charge in [0.25, 0.3) is 0 Å². The minimum atomic E-state index is -3.55. The molecule has 1 aliphatic carbocycles. The molecule has 1 aromatic carbocycles. The van der Waals surface area contributed by atoms with Crippen molar-refractivity contribution in [3.8, 4) is 0 Å². The average Bonchev–Trinajstić information content (AvgIpc) is 3.12. The fourth-order valence-electron chi connectivity index (χ4n) is 3.64. The Morgan fingerprint density at radius 3 is 2.16 bits per heavy atom. The molecule has 32 heavy (non-hydrogen) atoms. The van der Waals surface area contributed by atoms with Gasteiger partial charge in [-0.2, -0.15) is 0 Å². The van der Waals surface area contributed by atoms with Crippen molar-refractivity contribution in [1.29, 1.82) is 0 Å². The van der Waals surface area contributed by atoms with Crippen LogP contribution in [0.1, 0.15) is 47.5 Å². The van der Waals surface area contributed by atoms with E-state index in [0.717, 1.165) is 9.75 Å². The van der Waals surface area contributed by atoms with E-state index in [4.69, 9.17) is 26.6 Å². The number of rotatable bonds is 5. The number of benzene rings is 1. The van der Waals surface area contributed by atoms with Crippen LogP contribution < -0.4 is 5.73 Å². The molecule has 2 N–H and O–H groups in total. The van der Waals surface area contributed by atoms with Crippen molar-refractivity contribution in [2.45, 2.75) is 63.6 Å². The topological polar surface area (TPSA) is 95.7 Å². The molecule has 1 saturated heterocycles. The normalized spacial score (nSPS) is 27.6. The Labute approximate surface area is 207 Å². The molecular formula is C22H28BClInNO5S. The summed E-state index contributed by atoms with van der Waals surface area (Å²) in [6.07, 6.45) is 2.95. The van der Waals surface area contributed by atoms with Crippen LogP contribution in [0.15, 0.2) is 52.3 Å². The summed E-state index contributed by atoms with van der Waals surface area (Å²) in [7, 11) is -2.14. The number of primary amides is 1. The van der Waals surface area contributed by atoms with E-state index in [1.165, 1.54) is 7.69 Å². The molecule has 4 rings (SSSR count). The summed E-state index contributed by atoms with van der Waals surface area (Å²) in [6, 6.07) is 8.39. The third-order valence-corrected chi connectivity index (χ3v) is 13.7. The summed E-state index contributed by atoms with van der Waals surface area (Å²) < 4.78 is 37.9. The molecular weight excluding hydrogens is 551 g/mol. The first-order valence-corrected chi connectivity index (χ1v) is 15.6. The summed E-state index contributed by atoms with van der Waals surface area (Å²) in [5, 5.41) is 0. The van der Waals surface area contributed by atoms with E-state index in [0.29, 0.717) is 14.1 Å². The van der Waals surface area contributed by atoms with E-state index in [1.807, 2.05) is 34.6 Å². The van der Waals surface area contributed by atoms with Gasteiger partial charge in [0, 0.05) is 0 Å². The van der Waals surface area contributed by atoms with E-state index in [-0.39, 0.29) is 33.3 Å². The van der Waals surface area contributed by atoms with E-state index in [9.17, 15) is 13.2 Å². The van der Waals surface area contributed by atoms with Crippen molar-refractivity contribution >= 4 is 57.9 Å². The van der Waals surface area contributed by atoms with Crippen LogP contribution in [0.4, 0.5) is 0 Å². The van der Waals surface area contributed by atoms with Gasteiger partial charge in [-0.05, 0) is 27.7 Å². The average molecular weight is 580 g/mol. The molecule has 2 atom stereocenters. The molecule has 1 aromatic rings. The van der Waals surface area contributed by atoms with Crippen molar-refractivity contribution in [3.05, 3.63) is 47.4 Å². The van der Waals surface area contributed by atoms with Crippen LogP contribution in [0.2, 0.25) is 0 Å². The third kappa shape index (κ3) is 5.32. The number of allylic oxidation sites excluding steroid dienone is 2. The molecule has 2 unspecified atom stereocenters. The standard InChI is InChI=1S/C16H16ClNO3S.C6H12BO2.In/c1-16(11-14(16)15(18)19)9-7-13(8-10-17)22(20,21)12-5-3-2-4-6-12;1-5(2)6(3,4)9-7-8-5;/h2-6,8,14H,9,11H2,1H3,(H2,18,19);1-4H3;. The number of nitrogens with two attached hydrogens (primary N) is 1. The Hall–Kier alpha value is -0.735. The van der Waals surface area contributed by atoms with Gasteiger partial charge in [-0.1, -0.05) is 0 Å². The Balaban J connectivity index is 0.000000269. The number of carbonyl (C=O) groups excluding carboxylic acids is 1. The summed E-state index contributed by atoms with van der Waals surface area (Å²) in [6.45, 7) is 10.0. The SMILES string of the molecule is CC1(C)O[B]OC1(C)C.CC1(C[C]2=C(S(=O)(=O)c3ccccc3)C=[C](Cl)[In]2)CC1C(N)=O. The van der Waals surface area contributed by atoms with Crippen molar-refractivity contribution in [2.75, 3.05) is 0 Å². The molecule has 1 saturated carbocycles. The summed E-state index contributed by atoms with van der Waals surface area (Å²) >= 11 is 4.72. The van der Waals surface area contributed by atoms with E-state index >= 15 is 0 Å². The van der Waals surface area contributed by atoms with Crippen LogP contribution in [0.25, 0.3) is 0 Å². The fraction of sp³-hybridized carbons (Fsp3) is 0.500. The maximum absolute atomic E-state index is 12.9. The van der Waals surface area contributed by atoms with Crippen LogP contribution >= 0.6 is 11.6 Å². The molecule has 2 heterocycles. The molecule has 2 fully saturated rings. The van der Waals surface area contributed by atoms with E-state index in [2.05, 4.69) is 0 Å². The Morgan fingerprint density at radius 2 is 1.72 bits per heavy atom. The number of hydrogen-bond acceptors (Lipinski definition) is 5. The molecule has 10 heteroatoms. The number of amides is 1. The monoisotopic (exact) mass is 579 g/mol. The van der Waals surface area contributed by atoms with Crippen molar-refractivity contribution in [2.24, 2.45) is 17.1 Å². The van der Waals surface area contributed by atoms with Crippen molar-refractivity contribution < 1.29 is 22.5 Å². The van der Waals surface area contributed by atoms with Crippen LogP contribution in [-0.4, -0.2) is 56.1 Å². The molecule has 0 aromatic heterocycles. The predicted molar refractivity (Wildman–Crippen MR) is 126 cm³/mol. The van der Waals surface area contributed by atoms with Gasteiger partial charge >= 0.3 is 160 Å². The summed E-state index contributed by atoms with van der Waals surface area (Å²) in [5.74, 6) is -0.455. The number of halogens is 1. The van der Waals surface area contributed by atoms with E-state index in [1.54, 1.807) is 36.4 Å². The van der Waals surface area contributed by atoms with Gasteiger partial charge in [-0.3, -0.25) is 0 Å².